The monoisotopic (exact) mass is 570 g/mol. The number of nitrogens with zero attached hydrogens (tertiary/aromatic N) is 3. The molecule has 1 heterocycles. The molecule has 0 saturated carbocycles. The highest BCUT2D eigenvalue weighted by Crippen LogP contribution is 2.45. The van der Waals surface area contributed by atoms with Gasteiger partial charge in [0.2, 0.25) is 7.37 Å². The SMILES string of the molecule is CC(C)(C)c1ccc(CP(=O)(O)CN2CCNC(CC(=O)O)CN(CC(=O)O)CCN(CC(=O)O)CC2)cc1. The van der Waals surface area contributed by atoms with Crippen molar-refractivity contribution in [2.24, 2.45) is 0 Å². The second-order valence-corrected chi connectivity index (χ2v) is 13.6. The number of benzene rings is 1. The van der Waals surface area contributed by atoms with Gasteiger partial charge in [0, 0.05) is 51.9 Å². The van der Waals surface area contributed by atoms with Crippen LogP contribution in [0.3, 0.4) is 0 Å². The molecular weight excluding hydrogens is 527 g/mol. The second kappa shape index (κ2) is 14.9. The molecule has 1 aromatic rings. The van der Waals surface area contributed by atoms with Gasteiger partial charge in [0.25, 0.3) is 0 Å². The number of nitrogens with one attached hydrogen (secondary N) is 1. The van der Waals surface area contributed by atoms with Crippen molar-refractivity contribution in [1.82, 2.24) is 20.0 Å². The summed E-state index contributed by atoms with van der Waals surface area (Å²) in [5.74, 6) is -3.12. The summed E-state index contributed by atoms with van der Waals surface area (Å²) in [5.41, 5.74) is 1.86. The first-order chi connectivity index (χ1) is 18.1. The smallest absolute Gasteiger partial charge is 0.317 e. The van der Waals surface area contributed by atoms with Crippen molar-refractivity contribution in [2.45, 2.75) is 44.8 Å². The van der Waals surface area contributed by atoms with E-state index in [1.165, 1.54) is 0 Å². The average Bonchev–Trinajstić information content (AvgIpc) is 2.77. The molecule has 5 N–H and O–H groups in total. The van der Waals surface area contributed by atoms with Crippen LogP contribution in [-0.2, 0) is 30.5 Å². The first-order valence-corrected chi connectivity index (χ1v) is 15.1. The van der Waals surface area contributed by atoms with Crippen molar-refractivity contribution in [3.8, 4) is 0 Å². The topological polar surface area (TPSA) is 171 Å². The van der Waals surface area contributed by atoms with Crippen LogP contribution in [0.25, 0.3) is 0 Å². The van der Waals surface area contributed by atoms with Crippen LogP contribution >= 0.6 is 7.37 Å². The molecule has 220 valence electrons. The molecule has 1 aliphatic rings. The lowest BCUT2D eigenvalue weighted by Gasteiger charge is -2.33. The predicted molar refractivity (Wildman–Crippen MR) is 147 cm³/mol. The zero-order valence-corrected chi connectivity index (χ0v) is 24.0. The van der Waals surface area contributed by atoms with Gasteiger partial charge < -0.3 is 25.5 Å². The van der Waals surface area contributed by atoms with Crippen LogP contribution in [0.5, 0.6) is 0 Å². The molecule has 0 radical (unpaired) electrons. The summed E-state index contributed by atoms with van der Waals surface area (Å²) >= 11 is 0. The van der Waals surface area contributed by atoms with Gasteiger partial charge in [0.1, 0.15) is 0 Å². The molecular formula is C26H43N4O8P. The number of aliphatic carboxylic acids is 3. The molecule has 0 aliphatic carbocycles. The molecule has 12 nitrogen and oxygen atoms in total. The minimum atomic E-state index is -3.63. The van der Waals surface area contributed by atoms with Gasteiger partial charge in [0.15, 0.2) is 0 Å². The van der Waals surface area contributed by atoms with Crippen molar-refractivity contribution >= 4 is 25.3 Å². The normalized spacial score (nSPS) is 20.9. The van der Waals surface area contributed by atoms with Crippen LogP contribution < -0.4 is 5.32 Å². The Morgan fingerprint density at radius 2 is 1.41 bits per heavy atom. The van der Waals surface area contributed by atoms with E-state index in [0.29, 0.717) is 26.2 Å². The van der Waals surface area contributed by atoms with Crippen LogP contribution in [0.4, 0.5) is 0 Å². The third-order valence-corrected chi connectivity index (χ3v) is 8.32. The fourth-order valence-electron chi connectivity index (χ4n) is 4.61. The van der Waals surface area contributed by atoms with E-state index in [1.54, 1.807) is 14.7 Å². The summed E-state index contributed by atoms with van der Waals surface area (Å²) in [6.07, 6.45) is -0.310. The number of hydrogen-bond acceptors (Lipinski definition) is 8. The lowest BCUT2D eigenvalue weighted by molar-refractivity contribution is -0.140. The van der Waals surface area contributed by atoms with E-state index >= 15 is 0 Å². The maximum absolute atomic E-state index is 13.3. The van der Waals surface area contributed by atoms with E-state index in [1.807, 2.05) is 24.3 Å². The van der Waals surface area contributed by atoms with Crippen LogP contribution in [0.1, 0.15) is 38.3 Å². The van der Waals surface area contributed by atoms with Crippen molar-refractivity contribution in [3.63, 3.8) is 0 Å². The maximum Gasteiger partial charge on any atom is 0.317 e. The Hall–Kier alpha value is -2.34. The van der Waals surface area contributed by atoms with Gasteiger partial charge in [-0.25, -0.2) is 0 Å². The van der Waals surface area contributed by atoms with Crippen molar-refractivity contribution in [1.29, 1.82) is 0 Å². The molecule has 0 amide bonds. The van der Waals surface area contributed by atoms with Gasteiger partial charge in [-0.3, -0.25) is 33.6 Å². The zero-order chi connectivity index (χ0) is 29.2. The van der Waals surface area contributed by atoms with Crippen LogP contribution in [-0.4, -0.2) is 124 Å². The second-order valence-electron chi connectivity index (χ2n) is 11.3. The lowest BCUT2D eigenvalue weighted by atomic mass is 9.87. The number of carbonyl (C=O) groups is 3. The van der Waals surface area contributed by atoms with Crippen molar-refractivity contribution < 1.29 is 39.2 Å². The number of carboxylic acids is 3. The van der Waals surface area contributed by atoms with Crippen LogP contribution in [0, 0.1) is 0 Å². The molecule has 0 bridgehead atoms. The van der Waals surface area contributed by atoms with E-state index in [4.69, 9.17) is 0 Å². The van der Waals surface area contributed by atoms with E-state index in [0.717, 1.165) is 11.1 Å². The largest absolute Gasteiger partial charge is 0.481 e. The molecule has 2 unspecified atom stereocenters. The summed E-state index contributed by atoms with van der Waals surface area (Å²) in [6.45, 7) is 7.68. The molecule has 0 aromatic heterocycles. The average molecular weight is 571 g/mol. The first-order valence-electron chi connectivity index (χ1n) is 13.1. The van der Waals surface area contributed by atoms with Crippen molar-refractivity contribution in [2.75, 3.05) is 65.2 Å². The standard InChI is InChI=1S/C26H43N4O8P/c1-26(2,3)21-6-4-20(5-7-21)18-39(37,38)19-29-9-8-27-22(14-23(31)32)15-30(17-25(35)36)13-11-28(10-12-29)16-24(33)34/h4-7,22,27H,8-19H2,1-3H3,(H,31,32)(H,33,34)(H,35,36)(H,37,38). The van der Waals surface area contributed by atoms with Crippen LogP contribution in [0.2, 0.25) is 0 Å². The summed E-state index contributed by atoms with van der Waals surface area (Å²) in [7, 11) is -3.63. The quantitative estimate of drug-likeness (QED) is 0.255. The molecule has 0 spiro atoms. The molecule has 1 saturated heterocycles. The minimum absolute atomic E-state index is 0.00593. The van der Waals surface area contributed by atoms with Crippen LogP contribution in [0.15, 0.2) is 24.3 Å². The number of rotatable bonds is 10. The Morgan fingerprint density at radius 3 is 1.95 bits per heavy atom. The molecule has 39 heavy (non-hydrogen) atoms. The van der Waals surface area contributed by atoms with E-state index in [2.05, 4.69) is 26.1 Å². The van der Waals surface area contributed by atoms with E-state index < -0.39 is 31.3 Å². The Bertz CT molecular complexity index is 1010. The van der Waals surface area contributed by atoms with Gasteiger partial charge in [-0.1, -0.05) is 45.0 Å². The Kier molecular flexibility index (Phi) is 12.5. The highest BCUT2D eigenvalue weighted by Gasteiger charge is 2.26. The summed E-state index contributed by atoms with van der Waals surface area (Å²) < 4.78 is 13.3. The van der Waals surface area contributed by atoms with Gasteiger partial charge in [-0.2, -0.15) is 0 Å². The predicted octanol–water partition coefficient (Wildman–Crippen LogP) is 1.23. The van der Waals surface area contributed by atoms with Gasteiger partial charge in [-0.15, -0.1) is 0 Å². The Balaban J connectivity index is 2.17. The van der Waals surface area contributed by atoms with E-state index in [-0.39, 0.29) is 57.0 Å². The molecule has 1 aliphatic heterocycles. The van der Waals surface area contributed by atoms with Gasteiger partial charge >= 0.3 is 17.9 Å². The molecule has 1 fully saturated rings. The van der Waals surface area contributed by atoms with Crippen molar-refractivity contribution in [3.05, 3.63) is 35.4 Å². The third kappa shape index (κ3) is 13.0. The fraction of sp³-hybridized carbons (Fsp3) is 0.654. The molecule has 2 atom stereocenters. The maximum atomic E-state index is 13.3. The first kappa shape index (κ1) is 32.9. The minimum Gasteiger partial charge on any atom is -0.481 e. The molecule has 13 heteroatoms. The molecule has 1 aromatic carbocycles. The highest BCUT2D eigenvalue weighted by molar-refractivity contribution is 7.57. The fourth-order valence-corrected chi connectivity index (χ4v) is 6.40. The summed E-state index contributed by atoms with van der Waals surface area (Å²) in [5, 5.41) is 31.2. The van der Waals surface area contributed by atoms with Gasteiger partial charge in [0.05, 0.1) is 32.0 Å². The third-order valence-electron chi connectivity index (χ3n) is 6.61. The molecule has 2 rings (SSSR count). The summed E-state index contributed by atoms with van der Waals surface area (Å²) in [6, 6.07) is 7.13. The Morgan fingerprint density at radius 1 is 0.872 bits per heavy atom. The van der Waals surface area contributed by atoms with E-state index in [9.17, 15) is 39.2 Å². The zero-order valence-electron chi connectivity index (χ0n) is 23.1. The number of hydrogen-bond donors (Lipinski definition) is 5. The number of carboxylic acid groups (broad SMARTS) is 3. The summed E-state index contributed by atoms with van der Waals surface area (Å²) in [4.78, 5) is 50.2. The highest BCUT2D eigenvalue weighted by atomic mass is 31.2. The Labute approximate surface area is 230 Å². The van der Waals surface area contributed by atoms with Gasteiger partial charge in [-0.05, 0) is 16.5 Å². The lowest BCUT2D eigenvalue weighted by Crippen LogP contribution is -2.50.